The zero-order valence-electron chi connectivity index (χ0n) is 8.65. The van der Waals surface area contributed by atoms with Crippen LogP contribution in [0.1, 0.15) is 5.56 Å². The molecule has 0 atom stereocenters. The molecule has 4 heteroatoms. The maximum Gasteiger partial charge on any atom is 0.144 e. The van der Waals surface area contributed by atoms with E-state index in [1.807, 2.05) is 36.4 Å². The summed E-state index contributed by atoms with van der Waals surface area (Å²) in [5, 5.41) is 3.23. The molecule has 0 aliphatic carbocycles. The van der Waals surface area contributed by atoms with Gasteiger partial charge in [-0.25, -0.2) is 4.98 Å². The third kappa shape index (κ3) is 2.59. The second-order valence-corrected chi connectivity index (χ2v) is 4.22. The number of aromatic nitrogens is 1. The Hall–Kier alpha value is -1.39. The van der Waals surface area contributed by atoms with Crippen molar-refractivity contribution in [3.8, 4) is 0 Å². The van der Waals surface area contributed by atoms with Crippen molar-refractivity contribution in [2.45, 2.75) is 6.54 Å². The Kier molecular flexibility index (Phi) is 3.54. The first-order chi connectivity index (χ1) is 7.79. The van der Waals surface area contributed by atoms with E-state index in [4.69, 9.17) is 5.73 Å². The number of anilines is 2. The third-order valence-corrected chi connectivity index (χ3v) is 2.82. The third-order valence-electron chi connectivity index (χ3n) is 2.18. The van der Waals surface area contributed by atoms with Crippen molar-refractivity contribution in [1.82, 2.24) is 4.98 Å². The fourth-order valence-corrected chi connectivity index (χ4v) is 1.74. The van der Waals surface area contributed by atoms with Gasteiger partial charge in [0.05, 0.1) is 4.47 Å². The van der Waals surface area contributed by atoms with Gasteiger partial charge in [-0.3, -0.25) is 0 Å². The van der Waals surface area contributed by atoms with E-state index in [9.17, 15) is 0 Å². The molecule has 2 aromatic rings. The quantitative estimate of drug-likeness (QED) is 0.907. The standard InChI is InChI=1S/C12H12BrN3/c13-11-5-2-6-15-12(11)16-10-4-1-3-9(7-10)8-14/h1-7H,8,14H2,(H,15,16). The molecule has 1 heterocycles. The number of halogens is 1. The highest BCUT2D eigenvalue weighted by Crippen LogP contribution is 2.23. The summed E-state index contributed by atoms with van der Waals surface area (Å²) in [7, 11) is 0. The second kappa shape index (κ2) is 5.09. The van der Waals surface area contributed by atoms with Crippen molar-refractivity contribution in [2.24, 2.45) is 5.73 Å². The Morgan fingerprint density at radius 2 is 2.12 bits per heavy atom. The van der Waals surface area contributed by atoms with Crippen LogP contribution in [-0.4, -0.2) is 4.98 Å². The first kappa shape index (κ1) is 11.1. The molecule has 0 spiro atoms. The predicted molar refractivity (Wildman–Crippen MR) is 69.6 cm³/mol. The molecule has 0 saturated heterocycles. The lowest BCUT2D eigenvalue weighted by Crippen LogP contribution is -1.98. The summed E-state index contributed by atoms with van der Waals surface area (Å²) in [6.07, 6.45) is 1.75. The minimum Gasteiger partial charge on any atom is -0.339 e. The van der Waals surface area contributed by atoms with Gasteiger partial charge >= 0.3 is 0 Å². The van der Waals surface area contributed by atoms with Crippen LogP contribution in [0.25, 0.3) is 0 Å². The van der Waals surface area contributed by atoms with Crippen molar-refractivity contribution < 1.29 is 0 Å². The Labute approximate surface area is 103 Å². The van der Waals surface area contributed by atoms with Gasteiger partial charge < -0.3 is 11.1 Å². The molecule has 16 heavy (non-hydrogen) atoms. The number of rotatable bonds is 3. The van der Waals surface area contributed by atoms with E-state index in [-0.39, 0.29) is 0 Å². The molecule has 1 aromatic heterocycles. The summed E-state index contributed by atoms with van der Waals surface area (Å²) in [4.78, 5) is 4.24. The van der Waals surface area contributed by atoms with Crippen molar-refractivity contribution in [2.75, 3.05) is 5.32 Å². The van der Waals surface area contributed by atoms with E-state index in [2.05, 4.69) is 26.2 Å². The largest absolute Gasteiger partial charge is 0.339 e. The fraction of sp³-hybridized carbons (Fsp3) is 0.0833. The Bertz CT molecular complexity index is 485. The van der Waals surface area contributed by atoms with Crippen molar-refractivity contribution in [3.63, 3.8) is 0 Å². The van der Waals surface area contributed by atoms with Gasteiger partial charge in [-0.05, 0) is 45.8 Å². The number of hydrogen-bond acceptors (Lipinski definition) is 3. The number of nitrogens with zero attached hydrogens (tertiary/aromatic N) is 1. The van der Waals surface area contributed by atoms with Gasteiger partial charge in [0.15, 0.2) is 0 Å². The lowest BCUT2D eigenvalue weighted by atomic mass is 10.2. The molecule has 1 aromatic carbocycles. The van der Waals surface area contributed by atoms with E-state index in [1.165, 1.54) is 0 Å². The van der Waals surface area contributed by atoms with Crippen LogP contribution >= 0.6 is 15.9 Å². The number of hydrogen-bond donors (Lipinski definition) is 2. The lowest BCUT2D eigenvalue weighted by Gasteiger charge is -2.08. The lowest BCUT2D eigenvalue weighted by molar-refractivity contribution is 1.07. The summed E-state index contributed by atoms with van der Waals surface area (Å²) in [5.74, 6) is 0.802. The van der Waals surface area contributed by atoms with Gasteiger partial charge in [-0.15, -0.1) is 0 Å². The van der Waals surface area contributed by atoms with Crippen molar-refractivity contribution in [1.29, 1.82) is 0 Å². The van der Waals surface area contributed by atoms with Crippen molar-refractivity contribution in [3.05, 3.63) is 52.6 Å². The maximum absolute atomic E-state index is 5.59. The predicted octanol–water partition coefficient (Wildman–Crippen LogP) is 3.05. The molecular formula is C12H12BrN3. The van der Waals surface area contributed by atoms with Crippen LogP contribution in [-0.2, 0) is 6.54 Å². The Morgan fingerprint density at radius 1 is 1.25 bits per heavy atom. The fourth-order valence-electron chi connectivity index (χ4n) is 1.39. The SMILES string of the molecule is NCc1cccc(Nc2ncccc2Br)c1. The normalized spacial score (nSPS) is 10.1. The summed E-state index contributed by atoms with van der Waals surface area (Å²) in [5.41, 5.74) is 7.67. The van der Waals surface area contributed by atoms with E-state index in [0.29, 0.717) is 6.54 Å². The number of pyridine rings is 1. The summed E-state index contributed by atoms with van der Waals surface area (Å²) in [6, 6.07) is 11.8. The van der Waals surface area contributed by atoms with Gasteiger partial charge in [-0.2, -0.15) is 0 Å². The Morgan fingerprint density at radius 3 is 2.88 bits per heavy atom. The smallest absolute Gasteiger partial charge is 0.144 e. The Balaban J connectivity index is 2.24. The van der Waals surface area contributed by atoms with Crippen LogP contribution in [0.2, 0.25) is 0 Å². The molecular weight excluding hydrogens is 266 g/mol. The van der Waals surface area contributed by atoms with Crippen LogP contribution in [0.4, 0.5) is 11.5 Å². The van der Waals surface area contributed by atoms with Crippen molar-refractivity contribution >= 4 is 27.4 Å². The summed E-state index contributed by atoms with van der Waals surface area (Å²) < 4.78 is 0.938. The van der Waals surface area contributed by atoms with Gasteiger partial charge in [0.1, 0.15) is 5.82 Å². The highest BCUT2D eigenvalue weighted by Gasteiger charge is 2.00. The topological polar surface area (TPSA) is 50.9 Å². The average Bonchev–Trinajstić information content (AvgIpc) is 2.32. The molecule has 3 nitrogen and oxygen atoms in total. The number of nitrogens with one attached hydrogen (secondary N) is 1. The molecule has 0 saturated carbocycles. The van der Waals surface area contributed by atoms with Crippen LogP contribution in [0.3, 0.4) is 0 Å². The summed E-state index contributed by atoms with van der Waals surface area (Å²) in [6.45, 7) is 0.541. The maximum atomic E-state index is 5.59. The molecule has 0 fully saturated rings. The monoisotopic (exact) mass is 277 g/mol. The van der Waals surface area contributed by atoms with Gasteiger partial charge in [0.25, 0.3) is 0 Å². The second-order valence-electron chi connectivity index (χ2n) is 3.36. The number of nitrogens with two attached hydrogens (primary N) is 1. The van der Waals surface area contributed by atoms with Crippen LogP contribution in [0, 0.1) is 0 Å². The van der Waals surface area contributed by atoms with Gasteiger partial charge in [0.2, 0.25) is 0 Å². The molecule has 2 rings (SSSR count). The van der Waals surface area contributed by atoms with Crippen LogP contribution in [0.15, 0.2) is 47.1 Å². The molecule has 3 N–H and O–H groups in total. The van der Waals surface area contributed by atoms with Crippen LogP contribution in [0.5, 0.6) is 0 Å². The minimum absolute atomic E-state index is 0.541. The van der Waals surface area contributed by atoms with E-state index in [0.717, 1.165) is 21.5 Å². The molecule has 0 amide bonds. The molecule has 0 bridgehead atoms. The van der Waals surface area contributed by atoms with Gasteiger partial charge in [-0.1, -0.05) is 12.1 Å². The average molecular weight is 278 g/mol. The zero-order chi connectivity index (χ0) is 11.4. The molecule has 0 aliphatic heterocycles. The molecule has 0 unspecified atom stereocenters. The first-order valence-corrected chi connectivity index (χ1v) is 5.75. The molecule has 0 radical (unpaired) electrons. The van der Waals surface area contributed by atoms with Gasteiger partial charge in [0, 0.05) is 18.4 Å². The highest BCUT2D eigenvalue weighted by atomic mass is 79.9. The van der Waals surface area contributed by atoms with E-state index < -0.39 is 0 Å². The van der Waals surface area contributed by atoms with Crippen LogP contribution < -0.4 is 11.1 Å². The summed E-state index contributed by atoms with van der Waals surface area (Å²) >= 11 is 3.44. The van der Waals surface area contributed by atoms with E-state index in [1.54, 1.807) is 6.20 Å². The molecule has 82 valence electrons. The highest BCUT2D eigenvalue weighted by molar-refractivity contribution is 9.10. The van der Waals surface area contributed by atoms with E-state index >= 15 is 0 Å². The first-order valence-electron chi connectivity index (χ1n) is 4.96. The number of benzene rings is 1. The minimum atomic E-state index is 0.541. The zero-order valence-corrected chi connectivity index (χ0v) is 10.2. The molecule has 0 aliphatic rings.